The number of aromatic nitrogens is 2. The Morgan fingerprint density at radius 3 is 2.55 bits per heavy atom. The maximum atomic E-state index is 11.1. The van der Waals surface area contributed by atoms with E-state index in [1.54, 1.807) is 6.07 Å². The largest absolute Gasteiger partial charge is 0.459 e. The van der Waals surface area contributed by atoms with Crippen molar-refractivity contribution >= 4 is 51.0 Å². The summed E-state index contributed by atoms with van der Waals surface area (Å²) in [6.45, 7) is 6.12. The third-order valence-corrected chi connectivity index (χ3v) is 5.08. The van der Waals surface area contributed by atoms with Gasteiger partial charge in [-0.3, -0.25) is 9.78 Å². The second-order valence-electron chi connectivity index (χ2n) is 6.31. The standard InChI is InChI=1S/C21H16Cl2N2O2.C2H6/c1-13(26)27-12-16-9-18-17-4-2-3-5-20(17)25(21(18)10-24-16)11-14-8-15(22)6-7-19(14)23;1-2/h2-10H,11-12H2,1H3;1-2H3. The average Bonchev–Trinajstić information content (AvgIpc) is 3.04. The van der Waals surface area contributed by atoms with Gasteiger partial charge in [-0.1, -0.05) is 55.2 Å². The van der Waals surface area contributed by atoms with Gasteiger partial charge in [0.15, 0.2) is 0 Å². The SMILES string of the molecule is CC.CC(=O)OCc1cc2c3ccccc3n(Cc3cc(Cl)ccc3Cl)c2cn1. The van der Waals surface area contributed by atoms with Crippen LogP contribution in [0.4, 0.5) is 0 Å². The van der Waals surface area contributed by atoms with Crippen LogP contribution in [-0.4, -0.2) is 15.5 Å². The van der Waals surface area contributed by atoms with Crippen LogP contribution in [0.25, 0.3) is 21.8 Å². The summed E-state index contributed by atoms with van der Waals surface area (Å²) in [6.07, 6.45) is 1.81. The van der Waals surface area contributed by atoms with Crippen molar-refractivity contribution in [1.29, 1.82) is 0 Å². The Morgan fingerprint density at radius 2 is 1.79 bits per heavy atom. The molecule has 2 heterocycles. The zero-order valence-corrected chi connectivity index (χ0v) is 18.1. The molecule has 0 N–H and O–H groups in total. The van der Waals surface area contributed by atoms with Crippen LogP contribution in [0.3, 0.4) is 0 Å². The molecular formula is C23H22Cl2N2O2. The summed E-state index contributed by atoms with van der Waals surface area (Å²) in [5.74, 6) is -0.324. The van der Waals surface area contributed by atoms with E-state index >= 15 is 0 Å². The van der Waals surface area contributed by atoms with E-state index in [9.17, 15) is 4.79 Å². The molecular weight excluding hydrogens is 407 g/mol. The Morgan fingerprint density at radius 1 is 1.03 bits per heavy atom. The smallest absolute Gasteiger partial charge is 0.303 e. The van der Waals surface area contributed by atoms with Crippen molar-refractivity contribution < 1.29 is 9.53 Å². The normalized spacial score (nSPS) is 10.7. The number of para-hydroxylation sites is 1. The Balaban J connectivity index is 0.00000117. The summed E-state index contributed by atoms with van der Waals surface area (Å²) in [4.78, 5) is 15.5. The Bertz CT molecular complexity index is 1170. The van der Waals surface area contributed by atoms with E-state index in [4.69, 9.17) is 27.9 Å². The van der Waals surface area contributed by atoms with Crippen molar-refractivity contribution in [2.45, 2.75) is 33.9 Å². The molecule has 4 rings (SSSR count). The maximum Gasteiger partial charge on any atom is 0.303 e. The van der Waals surface area contributed by atoms with Crippen LogP contribution < -0.4 is 0 Å². The van der Waals surface area contributed by atoms with Gasteiger partial charge in [-0.05, 0) is 35.9 Å². The first kappa shape index (κ1) is 21.2. The molecule has 0 atom stereocenters. The van der Waals surface area contributed by atoms with Gasteiger partial charge in [-0.25, -0.2) is 0 Å². The number of esters is 1. The van der Waals surface area contributed by atoms with Crippen molar-refractivity contribution in [2.75, 3.05) is 0 Å². The number of benzene rings is 2. The van der Waals surface area contributed by atoms with Crippen LogP contribution in [0.15, 0.2) is 54.7 Å². The summed E-state index contributed by atoms with van der Waals surface area (Å²) in [6, 6.07) is 15.6. The highest BCUT2D eigenvalue weighted by Crippen LogP contribution is 2.31. The quantitative estimate of drug-likeness (QED) is 0.342. The topological polar surface area (TPSA) is 44.1 Å². The van der Waals surface area contributed by atoms with E-state index in [1.807, 2.05) is 50.4 Å². The molecule has 0 saturated carbocycles. The monoisotopic (exact) mass is 428 g/mol. The molecule has 29 heavy (non-hydrogen) atoms. The molecule has 0 spiro atoms. The molecule has 2 aromatic carbocycles. The molecule has 150 valence electrons. The summed E-state index contributed by atoms with van der Waals surface area (Å²) < 4.78 is 7.25. The molecule has 4 aromatic rings. The van der Waals surface area contributed by atoms with E-state index in [2.05, 4.69) is 21.7 Å². The summed E-state index contributed by atoms with van der Waals surface area (Å²) in [5, 5.41) is 3.49. The van der Waals surface area contributed by atoms with Gasteiger partial charge in [0.1, 0.15) is 6.61 Å². The molecule has 0 radical (unpaired) electrons. The minimum Gasteiger partial charge on any atom is -0.459 e. The molecule has 4 nitrogen and oxygen atoms in total. The first-order valence-corrected chi connectivity index (χ1v) is 10.2. The predicted octanol–water partition coefficient (Wildman–Crippen LogP) is 6.63. The number of halogens is 2. The number of ether oxygens (including phenoxy) is 1. The third-order valence-electron chi connectivity index (χ3n) is 4.47. The predicted molar refractivity (Wildman–Crippen MR) is 120 cm³/mol. The summed E-state index contributed by atoms with van der Waals surface area (Å²) >= 11 is 12.5. The zero-order chi connectivity index (χ0) is 21.0. The van der Waals surface area contributed by atoms with E-state index in [0.29, 0.717) is 22.3 Å². The Kier molecular flexibility index (Phi) is 6.78. The molecule has 0 unspecified atom stereocenters. The van der Waals surface area contributed by atoms with Gasteiger partial charge in [-0.2, -0.15) is 0 Å². The Hall–Kier alpha value is -2.56. The Labute approximate surface area is 180 Å². The average molecular weight is 429 g/mol. The van der Waals surface area contributed by atoms with Crippen molar-refractivity contribution in [1.82, 2.24) is 9.55 Å². The highest BCUT2D eigenvalue weighted by Gasteiger charge is 2.13. The van der Waals surface area contributed by atoms with E-state index in [1.165, 1.54) is 6.92 Å². The number of nitrogens with zero attached hydrogens (tertiary/aromatic N) is 2. The second kappa shape index (κ2) is 9.29. The fourth-order valence-electron chi connectivity index (χ4n) is 3.25. The second-order valence-corrected chi connectivity index (χ2v) is 7.16. The molecule has 0 aliphatic heterocycles. The van der Waals surface area contributed by atoms with E-state index < -0.39 is 0 Å². The lowest BCUT2D eigenvalue weighted by atomic mass is 10.2. The van der Waals surface area contributed by atoms with Crippen LogP contribution in [0.2, 0.25) is 10.0 Å². The number of fused-ring (bicyclic) bond motifs is 3. The third kappa shape index (κ3) is 4.55. The highest BCUT2D eigenvalue weighted by atomic mass is 35.5. The van der Waals surface area contributed by atoms with E-state index in [0.717, 1.165) is 27.4 Å². The molecule has 0 aliphatic rings. The summed E-state index contributed by atoms with van der Waals surface area (Å²) in [5.41, 5.74) is 3.71. The van der Waals surface area contributed by atoms with Crippen LogP contribution in [0.5, 0.6) is 0 Å². The number of hydrogen-bond acceptors (Lipinski definition) is 3. The number of pyridine rings is 1. The number of carbonyl (C=O) groups excluding carboxylic acids is 1. The van der Waals surface area contributed by atoms with Crippen molar-refractivity contribution in [2.24, 2.45) is 0 Å². The lowest BCUT2D eigenvalue weighted by Crippen LogP contribution is -2.02. The van der Waals surface area contributed by atoms with Crippen LogP contribution in [0.1, 0.15) is 32.0 Å². The van der Waals surface area contributed by atoms with Crippen LogP contribution in [-0.2, 0) is 22.7 Å². The van der Waals surface area contributed by atoms with Gasteiger partial charge in [-0.15, -0.1) is 0 Å². The maximum absolute atomic E-state index is 11.1. The van der Waals surface area contributed by atoms with E-state index in [-0.39, 0.29) is 12.6 Å². The van der Waals surface area contributed by atoms with Crippen molar-refractivity contribution in [3.63, 3.8) is 0 Å². The van der Waals surface area contributed by atoms with Gasteiger partial charge in [0.2, 0.25) is 0 Å². The fourth-order valence-corrected chi connectivity index (χ4v) is 3.62. The fraction of sp³-hybridized carbons (Fsp3) is 0.217. The van der Waals surface area contributed by atoms with Crippen LogP contribution in [0, 0.1) is 0 Å². The lowest BCUT2D eigenvalue weighted by Gasteiger charge is -2.10. The van der Waals surface area contributed by atoms with Crippen LogP contribution >= 0.6 is 23.2 Å². The van der Waals surface area contributed by atoms with Gasteiger partial charge in [0.25, 0.3) is 0 Å². The number of hydrogen-bond donors (Lipinski definition) is 0. The van der Waals surface area contributed by atoms with Gasteiger partial charge < -0.3 is 9.30 Å². The molecule has 0 amide bonds. The van der Waals surface area contributed by atoms with Gasteiger partial charge in [0.05, 0.1) is 17.4 Å². The lowest BCUT2D eigenvalue weighted by molar-refractivity contribution is -0.142. The first-order chi connectivity index (χ1) is 14.0. The van der Waals surface area contributed by atoms with Crippen molar-refractivity contribution in [3.05, 3.63) is 76.0 Å². The minimum absolute atomic E-state index is 0.158. The first-order valence-electron chi connectivity index (χ1n) is 9.46. The molecule has 0 fully saturated rings. The summed E-state index contributed by atoms with van der Waals surface area (Å²) in [7, 11) is 0. The molecule has 2 aromatic heterocycles. The van der Waals surface area contributed by atoms with Crippen molar-refractivity contribution in [3.8, 4) is 0 Å². The molecule has 6 heteroatoms. The van der Waals surface area contributed by atoms with Gasteiger partial charge >= 0.3 is 5.97 Å². The molecule has 0 saturated heterocycles. The highest BCUT2D eigenvalue weighted by molar-refractivity contribution is 6.33. The number of carbonyl (C=O) groups is 1. The zero-order valence-electron chi connectivity index (χ0n) is 16.6. The number of rotatable bonds is 4. The minimum atomic E-state index is -0.324. The molecule has 0 bridgehead atoms. The van der Waals surface area contributed by atoms with Gasteiger partial charge in [0, 0.05) is 39.8 Å². The molecule has 0 aliphatic carbocycles.